The van der Waals surface area contributed by atoms with Gasteiger partial charge in [0.25, 0.3) is 0 Å². The average molecular weight is 310 g/mol. The van der Waals surface area contributed by atoms with Crippen LogP contribution in [0.4, 0.5) is 0 Å². The summed E-state index contributed by atoms with van der Waals surface area (Å²) in [4.78, 5) is -0.165. The van der Waals surface area contributed by atoms with Crippen molar-refractivity contribution in [3.8, 4) is 11.8 Å². The van der Waals surface area contributed by atoms with Crippen molar-refractivity contribution in [2.24, 2.45) is 0 Å². The number of nitriles is 1. The van der Waals surface area contributed by atoms with E-state index in [1.54, 1.807) is 18.2 Å². The van der Waals surface area contributed by atoms with E-state index in [-0.39, 0.29) is 10.4 Å². The average Bonchev–Trinajstić information content (AvgIpc) is 2.42. The lowest BCUT2D eigenvalue weighted by Crippen LogP contribution is -2.49. The second-order valence-corrected chi connectivity index (χ2v) is 5.57. The molecule has 0 bridgehead atoms. The summed E-state index contributed by atoms with van der Waals surface area (Å²) in [6.45, 7) is 4.11. The lowest BCUT2D eigenvalue weighted by atomic mass is 9.84. The first-order chi connectivity index (χ1) is 8.57. The minimum atomic E-state index is -0.651. The van der Waals surface area contributed by atoms with Crippen LogP contribution in [0.5, 0.6) is 5.75 Å². The van der Waals surface area contributed by atoms with Gasteiger partial charge in [-0.05, 0) is 31.0 Å². The zero-order valence-electron chi connectivity index (χ0n) is 10.5. The highest BCUT2D eigenvalue weighted by Gasteiger charge is 2.46. The van der Waals surface area contributed by atoms with Gasteiger partial charge in [-0.3, -0.25) is 0 Å². The Kier molecular flexibility index (Phi) is 3.65. The summed E-state index contributed by atoms with van der Waals surface area (Å²) < 4.78 is 6.08. The largest absolute Gasteiger partial charge is 0.486 e. The minimum Gasteiger partial charge on any atom is -0.486 e. The van der Waals surface area contributed by atoms with Crippen molar-refractivity contribution in [3.05, 3.63) is 29.3 Å². The van der Waals surface area contributed by atoms with Crippen LogP contribution in [0.1, 0.15) is 43.9 Å². The molecule has 1 aromatic rings. The van der Waals surface area contributed by atoms with Crippen LogP contribution in [0, 0.1) is 11.3 Å². The van der Waals surface area contributed by atoms with E-state index in [0.29, 0.717) is 16.9 Å². The van der Waals surface area contributed by atoms with Crippen LogP contribution in [-0.2, 0) is 0 Å². The molecule has 1 aliphatic rings. The Balaban J connectivity index is 2.50. The van der Waals surface area contributed by atoms with Crippen LogP contribution in [-0.4, -0.2) is 15.5 Å². The van der Waals surface area contributed by atoms with Crippen molar-refractivity contribution in [1.29, 1.82) is 5.26 Å². The van der Waals surface area contributed by atoms with Crippen LogP contribution >= 0.6 is 15.9 Å². The molecule has 4 heteroatoms. The Labute approximate surface area is 116 Å². The second-order valence-electron chi connectivity index (χ2n) is 4.58. The van der Waals surface area contributed by atoms with Gasteiger partial charge < -0.3 is 9.84 Å². The maximum Gasteiger partial charge on any atom is 0.126 e. The third kappa shape index (κ3) is 1.92. The number of ether oxygens (including phenoxy) is 1. The number of alkyl halides is 1. The summed E-state index contributed by atoms with van der Waals surface area (Å²) in [5, 5.41) is 19.3. The molecule has 0 saturated heterocycles. The quantitative estimate of drug-likeness (QED) is 0.853. The first-order valence-corrected chi connectivity index (χ1v) is 7.04. The SMILES string of the molecule is CCC1(CC)Oc2ccc(C#N)cc2[C@@H](O)[C@@H]1Br. The molecule has 18 heavy (non-hydrogen) atoms. The fourth-order valence-corrected chi connectivity index (χ4v) is 3.47. The first kappa shape index (κ1) is 13.4. The summed E-state index contributed by atoms with van der Waals surface area (Å²) in [5.41, 5.74) is 0.839. The Hall–Kier alpha value is -1.05. The van der Waals surface area contributed by atoms with E-state index >= 15 is 0 Å². The molecule has 0 spiro atoms. The fourth-order valence-electron chi connectivity index (χ4n) is 2.45. The van der Waals surface area contributed by atoms with Crippen LogP contribution in [0.2, 0.25) is 0 Å². The Bertz CT molecular complexity index is 491. The van der Waals surface area contributed by atoms with E-state index in [4.69, 9.17) is 10.00 Å². The molecule has 0 aliphatic carbocycles. The van der Waals surface area contributed by atoms with E-state index in [1.807, 2.05) is 0 Å². The number of aliphatic hydroxyl groups excluding tert-OH is 1. The molecule has 1 aliphatic heterocycles. The molecule has 0 unspecified atom stereocenters. The molecule has 0 aromatic heterocycles. The van der Waals surface area contributed by atoms with E-state index in [9.17, 15) is 5.11 Å². The van der Waals surface area contributed by atoms with Gasteiger partial charge in [-0.25, -0.2) is 0 Å². The number of aliphatic hydroxyl groups is 1. The van der Waals surface area contributed by atoms with E-state index in [0.717, 1.165) is 12.8 Å². The summed E-state index contributed by atoms with van der Waals surface area (Å²) in [6.07, 6.45) is 0.980. The van der Waals surface area contributed by atoms with Crippen LogP contribution in [0.3, 0.4) is 0 Å². The molecule has 0 fully saturated rings. The molecule has 3 nitrogen and oxygen atoms in total. The van der Waals surface area contributed by atoms with Crippen molar-refractivity contribution in [2.45, 2.75) is 43.2 Å². The predicted octanol–water partition coefficient (Wildman–Crippen LogP) is 3.31. The maximum atomic E-state index is 10.4. The fraction of sp³-hybridized carbons (Fsp3) is 0.500. The molecule has 2 atom stereocenters. The second kappa shape index (κ2) is 4.91. The Morgan fingerprint density at radius 3 is 2.67 bits per heavy atom. The molecular formula is C14H16BrNO2. The molecule has 1 N–H and O–H groups in total. The number of benzene rings is 1. The van der Waals surface area contributed by atoms with Gasteiger partial charge in [0.15, 0.2) is 0 Å². The van der Waals surface area contributed by atoms with Crippen LogP contribution in [0.25, 0.3) is 0 Å². The lowest BCUT2D eigenvalue weighted by Gasteiger charge is -2.44. The number of hydrogen-bond acceptors (Lipinski definition) is 3. The van der Waals surface area contributed by atoms with Gasteiger partial charge in [-0.2, -0.15) is 5.26 Å². The number of rotatable bonds is 2. The smallest absolute Gasteiger partial charge is 0.126 e. The van der Waals surface area contributed by atoms with Crippen molar-refractivity contribution in [2.75, 3.05) is 0 Å². The number of halogens is 1. The summed E-state index contributed by atoms with van der Waals surface area (Å²) in [7, 11) is 0. The predicted molar refractivity (Wildman–Crippen MR) is 72.8 cm³/mol. The van der Waals surface area contributed by atoms with Gasteiger partial charge in [-0.1, -0.05) is 29.8 Å². The Morgan fingerprint density at radius 1 is 1.44 bits per heavy atom. The number of nitrogens with zero attached hydrogens (tertiary/aromatic N) is 1. The lowest BCUT2D eigenvalue weighted by molar-refractivity contribution is -0.00900. The monoisotopic (exact) mass is 309 g/mol. The van der Waals surface area contributed by atoms with Crippen molar-refractivity contribution < 1.29 is 9.84 Å². The van der Waals surface area contributed by atoms with Gasteiger partial charge in [0.1, 0.15) is 11.4 Å². The first-order valence-electron chi connectivity index (χ1n) is 6.13. The highest BCUT2D eigenvalue weighted by molar-refractivity contribution is 9.09. The van der Waals surface area contributed by atoms with Crippen molar-refractivity contribution in [1.82, 2.24) is 0 Å². The maximum absolute atomic E-state index is 10.4. The zero-order chi connectivity index (χ0) is 13.3. The molecule has 1 aromatic carbocycles. The molecule has 2 rings (SSSR count). The van der Waals surface area contributed by atoms with Crippen LogP contribution in [0.15, 0.2) is 18.2 Å². The van der Waals surface area contributed by atoms with Gasteiger partial charge in [0.2, 0.25) is 0 Å². The standard InChI is InChI=1S/C14H16BrNO2/c1-3-14(4-2)13(15)12(17)10-7-9(8-16)5-6-11(10)18-14/h5-7,12-13,17H,3-4H2,1-2H3/t12-,13+/m1/s1. The number of fused-ring (bicyclic) bond motifs is 1. The van der Waals surface area contributed by atoms with Crippen molar-refractivity contribution in [3.63, 3.8) is 0 Å². The normalized spacial score (nSPS) is 24.8. The van der Waals surface area contributed by atoms with Gasteiger partial charge in [0.05, 0.1) is 22.6 Å². The van der Waals surface area contributed by atoms with Gasteiger partial charge >= 0.3 is 0 Å². The molecular weight excluding hydrogens is 294 g/mol. The molecule has 0 amide bonds. The van der Waals surface area contributed by atoms with E-state index < -0.39 is 6.10 Å². The zero-order valence-corrected chi connectivity index (χ0v) is 12.1. The highest BCUT2D eigenvalue weighted by atomic mass is 79.9. The summed E-state index contributed by atoms with van der Waals surface area (Å²) in [5.74, 6) is 0.681. The van der Waals surface area contributed by atoms with Crippen LogP contribution < -0.4 is 4.74 Å². The summed E-state index contributed by atoms with van der Waals surface area (Å²) in [6, 6.07) is 7.27. The molecule has 0 saturated carbocycles. The van der Waals surface area contributed by atoms with E-state index in [1.165, 1.54) is 0 Å². The van der Waals surface area contributed by atoms with E-state index in [2.05, 4.69) is 35.8 Å². The third-order valence-electron chi connectivity index (χ3n) is 3.75. The topological polar surface area (TPSA) is 53.2 Å². The summed E-state index contributed by atoms with van der Waals surface area (Å²) >= 11 is 3.56. The Morgan fingerprint density at radius 2 is 2.11 bits per heavy atom. The molecule has 0 radical (unpaired) electrons. The third-order valence-corrected chi connectivity index (χ3v) is 5.08. The highest BCUT2D eigenvalue weighted by Crippen LogP contribution is 2.46. The molecule has 1 heterocycles. The minimum absolute atomic E-state index is 0.165. The van der Waals surface area contributed by atoms with Gasteiger partial charge in [0, 0.05) is 5.56 Å². The van der Waals surface area contributed by atoms with Gasteiger partial charge in [-0.15, -0.1) is 0 Å². The molecule has 96 valence electrons. The number of hydrogen-bond donors (Lipinski definition) is 1. The van der Waals surface area contributed by atoms with Crippen molar-refractivity contribution >= 4 is 15.9 Å².